The van der Waals surface area contributed by atoms with Gasteiger partial charge < -0.3 is 20.1 Å². The Hall–Kier alpha value is -2.73. The molecule has 168 valence electrons. The van der Waals surface area contributed by atoms with E-state index < -0.39 is 0 Å². The number of amides is 2. The number of benzene rings is 2. The highest BCUT2D eigenvalue weighted by atomic mass is 16.5. The Bertz CT molecular complexity index is 846. The molecule has 2 aromatic carbocycles. The van der Waals surface area contributed by atoms with Crippen molar-refractivity contribution in [1.82, 2.24) is 15.5 Å². The normalized spacial score (nSPS) is 15.9. The molecule has 1 fully saturated rings. The summed E-state index contributed by atoms with van der Waals surface area (Å²) in [7, 11) is 3.21. The number of rotatable bonds is 8. The molecule has 0 bridgehead atoms. The highest BCUT2D eigenvalue weighted by molar-refractivity contribution is 5.74. The van der Waals surface area contributed by atoms with Crippen LogP contribution in [0.15, 0.2) is 42.5 Å². The third kappa shape index (κ3) is 6.62. The number of likely N-dealkylation sites (tertiary alicyclic amines) is 1. The first-order valence-electron chi connectivity index (χ1n) is 11.0. The summed E-state index contributed by atoms with van der Waals surface area (Å²) in [6.45, 7) is 8.14. The Morgan fingerprint density at radius 3 is 2.32 bits per heavy atom. The molecule has 0 radical (unpaired) electrons. The standard InChI is InChI=1S/C25H35N3O3/c1-18-11-13-28(14-12-18)17-21-7-5-20(6-8-21)16-26-25(29)27-19(2)22-9-10-23(30-3)24(15-22)31-4/h5-10,15,18-19H,11-14,16-17H2,1-4H3,(H2,26,27,29). The molecular weight excluding hydrogens is 390 g/mol. The largest absolute Gasteiger partial charge is 0.493 e. The summed E-state index contributed by atoms with van der Waals surface area (Å²) in [6.07, 6.45) is 2.58. The van der Waals surface area contributed by atoms with Crippen LogP contribution in [0.1, 0.15) is 49.4 Å². The van der Waals surface area contributed by atoms with Crippen LogP contribution < -0.4 is 20.1 Å². The number of carbonyl (C=O) groups excluding carboxylic acids is 1. The third-order valence-electron chi connectivity index (χ3n) is 6.01. The number of urea groups is 1. The topological polar surface area (TPSA) is 62.8 Å². The van der Waals surface area contributed by atoms with Crippen LogP contribution in [0.25, 0.3) is 0 Å². The number of ether oxygens (including phenoxy) is 2. The lowest BCUT2D eigenvalue weighted by molar-refractivity contribution is 0.185. The Labute approximate surface area is 185 Å². The average Bonchev–Trinajstić information content (AvgIpc) is 2.79. The number of hydrogen-bond acceptors (Lipinski definition) is 4. The lowest BCUT2D eigenvalue weighted by atomic mass is 9.99. The summed E-state index contributed by atoms with van der Waals surface area (Å²) in [4.78, 5) is 14.9. The average molecular weight is 426 g/mol. The van der Waals surface area contributed by atoms with Crippen LogP contribution in [0.5, 0.6) is 11.5 Å². The first kappa shape index (κ1) is 22.9. The van der Waals surface area contributed by atoms with Gasteiger partial charge in [0.05, 0.1) is 20.3 Å². The first-order valence-corrected chi connectivity index (χ1v) is 11.0. The molecule has 2 aromatic rings. The van der Waals surface area contributed by atoms with E-state index in [9.17, 15) is 4.79 Å². The monoisotopic (exact) mass is 425 g/mol. The highest BCUT2D eigenvalue weighted by Gasteiger charge is 2.16. The quantitative estimate of drug-likeness (QED) is 0.654. The summed E-state index contributed by atoms with van der Waals surface area (Å²) in [5.41, 5.74) is 3.36. The van der Waals surface area contributed by atoms with Gasteiger partial charge in [-0.3, -0.25) is 4.90 Å². The predicted molar refractivity (Wildman–Crippen MR) is 123 cm³/mol. The number of hydrogen-bond donors (Lipinski definition) is 2. The van der Waals surface area contributed by atoms with Crippen LogP contribution in [0, 0.1) is 5.92 Å². The van der Waals surface area contributed by atoms with Gasteiger partial charge in [0.25, 0.3) is 0 Å². The van der Waals surface area contributed by atoms with E-state index in [0.717, 1.165) is 23.6 Å². The third-order valence-corrected chi connectivity index (χ3v) is 6.01. The van der Waals surface area contributed by atoms with Gasteiger partial charge >= 0.3 is 6.03 Å². The molecule has 3 rings (SSSR count). The summed E-state index contributed by atoms with van der Waals surface area (Å²) < 4.78 is 10.6. The van der Waals surface area contributed by atoms with Crippen molar-refractivity contribution in [3.05, 3.63) is 59.2 Å². The molecule has 1 saturated heterocycles. The summed E-state index contributed by atoms with van der Waals surface area (Å²) in [6, 6.07) is 13.8. The molecule has 1 aliphatic heterocycles. The maximum Gasteiger partial charge on any atom is 0.315 e. The summed E-state index contributed by atoms with van der Waals surface area (Å²) in [5.74, 6) is 2.17. The number of piperidine rings is 1. The van der Waals surface area contributed by atoms with E-state index in [1.165, 1.54) is 31.5 Å². The predicted octanol–water partition coefficient (Wildman–Crippen LogP) is 4.50. The number of nitrogens with one attached hydrogen (secondary N) is 2. The zero-order valence-electron chi connectivity index (χ0n) is 19.1. The van der Waals surface area contributed by atoms with E-state index >= 15 is 0 Å². The van der Waals surface area contributed by atoms with Crippen LogP contribution in [0.2, 0.25) is 0 Å². The van der Waals surface area contributed by atoms with Crippen LogP contribution in [0.4, 0.5) is 4.79 Å². The molecule has 0 spiro atoms. The van der Waals surface area contributed by atoms with Crippen LogP contribution >= 0.6 is 0 Å². The van der Waals surface area contributed by atoms with Crippen LogP contribution in [0.3, 0.4) is 0 Å². The van der Waals surface area contributed by atoms with Crippen molar-refractivity contribution in [3.8, 4) is 11.5 Å². The second-order valence-electron chi connectivity index (χ2n) is 8.44. The van der Waals surface area contributed by atoms with Crippen molar-refractivity contribution >= 4 is 6.03 Å². The maximum absolute atomic E-state index is 12.3. The molecule has 1 unspecified atom stereocenters. The van der Waals surface area contributed by atoms with Crippen molar-refractivity contribution < 1.29 is 14.3 Å². The minimum atomic E-state index is -0.200. The molecular formula is C25H35N3O3. The molecule has 0 aliphatic carbocycles. The Balaban J connectivity index is 1.46. The van der Waals surface area contributed by atoms with Crippen molar-refractivity contribution in [2.75, 3.05) is 27.3 Å². The summed E-state index contributed by atoms with van der Waals surface area (Å²) >= 11 is 0. The molecule has 2 N–H and O–H groups in total. The second-order valence-corrected chi connectivity index (χ2v) is 8.44. The van der Waals surface area contributed by atoms with E-state index in [-0.39, 0.29) is 12.1 Å². The fraction of sp³-hybridized carbons (Fsp3) is 0.480. The number of nitrogens with zero attached hydrogens (tertiary/aromatic N) is 1. The van der Waals surface area contributed by atoms with Gasteiger partial charge in [0.2, 0.25) is 0 Å². The highest BCUT2D eigenvalue weighted by Crippen LogP contribution is 2.29. The van der Waals surface area contributed by atoms with Gasteiger partial charge in [0, 0.05) is 13.1 Å². The fourth-order valence-corrected chi connectivity index (χ4v) is 3.88. The van der Waals surface area contributed by atoms with Crippen molar-refractivity contribution in [2.45, 2.75) is 45.8 Å². The van der Waals surface area contributed by atoms with Crippen LogP contribution in [-0.4, -0.2) is 38.2 Å². The zero-order chi connectivity index (χ0) is 22.2. The first-order chi connectivity index (χ1) is 15.0. The Morgan fingerprint density at radius 1 is 1.03 bits per heavy atom. The van der Waals surface area contributed by atoms with Gasteiger partial charge in [-0.25, -0.2) is 4.79 Å². The zero-order valence-corrected chi connectivity index (χ0v) is 19.1. The Kier molecular flexibility index (Phi) is 8.18. The van der Waals surface area contributed by atoms with E-state index in [2.05, 4.69) is 46.7 Å². The molecule has 6 heteroatoms. The lowest BCUT2D eigenvalue weighted by Crippen LogP contribution is -2.36. The summed E-state index contributed by atoms with van der Waals surface area (Å²) in [5, 5.41) is 5.91. The van der Waals surface area contributed by atoms with E-state index in [1.807, 2.05) is 25.1 Å². The smallest absolute Gasteiger partial charge is 0.315 e. The number of carbonyl (C=O) groups is 1. The lowest BCUT2D eigenvalue weighted by Gasteiger charge is -2.30. The van der Waals surface area contributed by atoms with E-state index in [0.29, 0.717) is 18.0 Å². The van der Waals surface area contributed by atoms with Gasteiger partial charge in [-0.15, -0.1) is 0 Å². The maximum atomic E-state index is 12.3. The van der Waals surface area contributed by atoms with Crippen molar-refractivity contribution in [1.29, 1.82) is 0 Å². The van der Waals surface area contributed by atoms with Gasteiger partial charge in [0.15, 0.2) is 11.5 Å². The van der Waals surface area contributed by atoms with E-state index in [4.69, 9.17) is 9.47 Å². The second kappa shape index (κ2) is 11.0. The minimum Gasteiger partial charge on any atom is -0.493 e. The minimum absolute atomic E-state index is 0.158. The molecule has 31 heavy (non-hydrogen) atoms. The molecule has 1 atom stereocenters. The molecule has 0 saturated carbocycles. The molecule has 0 aromatic heterocycles. The van der Waals surface area contributed by atoms with Gasteiger partial charge in [-0.05, 0) is 67.6 Å². The molecule has 2 amide bonds. The Morgan fingerprint density at radius 2 is 1.68 bits per heavy atom. The van der Waals surface area contributed by atoms with E-state index in [1.54, 1.807) is 14.2 Å². The molecule has 6 nitrogen and oxygen atoms in total. The van der Waals surface area contributed by atoms with Gasteiger partial charge in [0.1, 0.15) is 0 Å². The molecule has 1 aliphatic rings. The van der Waals surface area contributed by atoms with Gasteiger partial charge in [-0.1, -0.05) is 37.3 Å². The molecule has 1 heterocycles. The van der Waals surface area contributed by atoms with Gasteiger partial charge in [-0.2, -0.15) is 0 Å². The SMILES string of the molecule is COc1ccc(C(C)NC(=O)NCc2ccc(CN3CCC(C)CC3)cc2)cc1OC. The van der Waals surface area contributed by atoms with Crippen LogP contribution in [-0.2, 0) is 13.1 Å². The van der Waals surface area contributed by atoms with Crippen molar-refractivity contribution in [2.24, 2.45) is 5.92 Å². The fourth-order valence-electron chi connectivity index (χ4n) is 3.88. The van der Waals surface area contributed by atoms with Crippen molar-refractivity contribution in [3.63, 3.8) is 0 Å². The number of methoxy groups -OCH3 is 2.